The third kappa shape index (κ3) is 3.94. The van der Waals surface area contributed by atoms with Gasteiger partial charge in [-0.2, -0.15) is 0 Å². The first kappa shape index (κ1) is 14.3. The molecule has 3 heteroatoms. The van der Waals surface area contributed by atoms with Crippen LogP contribution in [-0.4, -0.2) is 11.4 Å². The molecule has 0 aliphatic rings. The molecule has 0 heterocycles. The summed E-state index contributed by atoms with van der Waals surface area (Å²) < 4.78 is 0. The quantitative estimate of drug-likeness (QED) is 0.654. The molecule has 1 rings (SSSR count). The van der Waals surface area contributed by atoms with E-state index >= 15 is 0 Å². The molecular weight excluding hydrogens is 246 g/mol. The number of amides is 1. The van der Waals surface area contributed by atoms with Crippen molar-refractivity contribution in [1.29, 1.82) is 0 Å². The number of hydrogen-bond donors (Lipinski definition) is 1. The van der Waals surface area contributed by atoms with Crippen LogP contribution in [0.3, 0.4) is 0 Å². The highest BCUT2D eigenvalue weighted by atomic mass is 35.5. The summed E-state index contributed by atoms with van der Waals surface area (Å²) >= 11 is 5.98. The second-order valence-corrected chi connectivity index (χ2v) is 4.58. The Labute approximate surface area is 113 Å². The minimum atomic E-state index is -0.609. The van der Waals surface area contributed by atoms with Crippen LogP contribution in [-0.2, 0) is 4.79 Å². The van der Waals surface area contributed by atoms with Gasteiger partial charge in [-0.1, -0.05) is 42.6 Å². The van der Waals surface area contributed by atoms with Gasteiger partial charge in [-0.15, -0.1) is 6.42 Å². The van der Waals surface area contributed by atoms with Crippen molar-refractivity contribution >= 4 is 23.6 Å². The van der Waals surface area contributed by atoms with Crippen molar-refractivity contribution in [2.45, 2.75) is 25.8 Å². The van der Waals surface area contributed by atoms with Crippen molar-refractivity contribution < 1.29 is 4.79 Å². The van der Waals surface area contributed by atoms with Crippen LogP contribution in [0.25, 0.3) is 6.08 Å². The van der Waals surface area contributed by atoms with Gasteiger partial charge in [0.05, 0.1) is 5.54 Å². The summed E-state index contributed by atoms with van der Waals surface area (Å²) in [6, 6.07) is 7.32. The molecule has 1 atom stereocenters. The summed E-state index contributed by atoms with van der Waals surface area (Å²) in [5, 5.41) is 3.39. The Morgan fingerprint density at radius 3 is 2.78 bits per heavy atom. The van der Waals surface area contributed by atoms with E-state index < -0.39 is 5.54 Å². The van der Waals surface area contributed by atoms with Gasteiger partial charge in [0.25, 0.3) is 0 Å². The van der Waals surface area contributed by atoms with Crippen molar-refractivity contribution in [3.63, 3.8) is 0 Å². The minimum absolute atomic E-state index is 0.225. The van der Waals surface area contributed by atoms with Crippen LogP contribution in [0, 0.1) is 12.3 Å². The third-order valence-corrected chi connectivity index (χ3v) is 3.09. The average Bonchev–Trinajstić information content (AvgIpc) is 2.37. The lowest BCUT2D eigenvalue weighted by Crippen LogP contribution is -2.43. The molecule has 0 aromatic heterocycles. The van der Waals surface area contributed by atoms with Gasteiger partial charge < -0.3 is 5.32 Å². The van der Waals surface area contributed by atoms with E-state index in [4.69, 9.17) is 18.0 Å². The molecule has 1 aromatic carbocycles. The Hall–Kier alpha value is -1.72. The predicted octanol–water partition coefficient (Wildman–Crippen LogP) is 3.27. The molecule has 0 aliphatic carbocycles. The first-order chi connectivity index (χ1) is 8.50. The highest BCUT2D eigenvalue weighted by Crippen LogP contribution is 2.16. The van der Waals surface area contributed by atoms with Gasteiger partial charge in [0.2, 0.25) is 5.91 Å². The number of halogens is 1. The zero-order valence-corrected chi connectivity index (χ0v) is 11.3. The summed E-state index contributed by atoms with van der Waals surface area (Å²) in [4.78, 5) is 11.7. The standard InChI is InChI=1S/C15H16ClNO/c1-4-15(3,5-2)17-14(18)11-10-12-8-6-7-9-13(12)16/h1,6-11H,5H2,2-3H3,(H,17,18)/b11-10+/t15-/m0/s1. The van der Waals surface area contributed by atoms with Gasteiger partial charge in [-0.3, -0.25) is 4.79 Å². The minimum Gasteiger partial charge on any atom is -0.337 e. The molecule has 94 valence electrons. The largest absolute Gasteiger partial charge is 0.337 e. The van der Waals surface area contributed by atoms with Crippen molar-refractivity contribution in [3.05, 3.63) is 40.9 Å². The second-order valence-electron chi connectivity index (χ2n) is 4.17. The summed E-state index contributed by atoms with van der Waals surface area (Å²) in [7, 11) is 0. The molecule has 0 spiro atoms. The molecule has 0 aliphatic heterocycles. The fourth-order valence-corrected chi connectivity index (χ4v) is 1.51. The molecule has 0 fully saturated rings. The summed E-state index contributed by atoms with van der Waals surface area (Å²) in [5.41, 5.74) is 0.190. The molecule has 2 nitrogen and oxygen atoms in total. The Morgan fingerprint density at radius 2 is 2.22 bits per heavy atom. The maximum atomic E-state index is 11.7. The SMILES string of the molecule is C#C[C@@](C)(CC)NC(=O)/C=C/c1ccccc1Cl. The fourth-order valence-electron chi connectivity index (χ4n) is 1.32. The highest BCUT2D eigenvalue weighted by molar-refractivity contribution is 6.32. The van der Waals surface area contributed by atoms with E-state index in [0.29, 0.717) is 11.4 Å². The van der Waals surface area contributed by atoms with E-state index in [0.717, 1.165) is 5.56 Å². The molecule has 1 amide bonds. The lowest BCUT2D eigenvalue weighted by Gasteiger charge is -2.22. The summed E-state index contributed by atoms with van der Waals surface area (Å²) in [5.74, 6) is 2.35. The van der Waals surface area contributed by atoms with E-state index in [1.807, 2.05) is 32.0 Å². The normalized spacial score (nSPS) is 13.9. The highest BCUT2D eigenvalue weighted by Gasteiger charge is 2.19. The number of nitrogens with one attached hydrogen (secondary N) is 1. The number of benzene rings is 1. The van der Waals surface area contributed by atoms with Gasteiger partial charge >= 0.3 is 0 Å². The molecule has 0 bridgehead atoms. The van der Waals surface area contributed by atoms with Crippen molar-refractivity contribution in [2.75, 3.05) is 0 Å². The zero-order valence-electron chi connectivity index (χ0n) is 10.5. The summed E-state index contributed by atoms with van der Waals surface area (Å²) in [6.07, 6.45) is 9.17. The number of rotatable bonds is 4. The topological polar surface area (TPSA) is 29.1 Å². The molecule has 0 saturated heterocycles. The van der Waals surface area contributed by atoms with Crippen LogP contribution < -0.4 is 5.32 Å². The Bertz CT molecular complexity index is 501. The second kappa shape index (κ2) is 6.28. The lowest BCUT2D eigenvalue weighted by molar-refractivity contribution is -0.117. The number of hydrogen-bond acceptors (Lipinski definition) is 1. The molecule has 1 N–H and O–H groups in total. The lowest BCUT2D eigenvalue weighted by atomic mass is 10.0. The van der Waals surface area contributed by atoms with Crippen LogP contribution in [0.1, 0.15) is 25.8 Å². The van der Waals surface area contributed by atoms with E-state index in [1.54, 1.807) is 12.1 Å². The van der Waals surface area contributed by atoms with E-state index in [9.17, 15) is 4.79 Å². The first-order valence-electron chi connectivity index (χ1n) is 5.73. The van der Waals surface area contributed by atoms with E-state index in [1.165, 1.54) is 6.08 Å². The molecule has 0 unspecified atom stereocenters. The van der Waals surface area contributed by atoms with E-state index in [2.05, 4.69) is 11.2 Å². The third-order valence-electron chi connectivity index (χ3n) is 2.74. The number of terminal acetylenes is 1. The van der Waals surface area contributed by atoms with Gasteiger partial charge in [0, 0.05) is 11.1 Å². The van der Waals surface area contributed by atoms with Crippen molar-refractivity contribution in [1.82, 2.24) is 5.32 Å². The Morgan fingerprint density at radius 1 is 1.56 bits per heavy atom. The Kier molecular flexibility index (Phi) is 5.00. The van der Waals surface area contributed by atoms with Crippen molar-refractivity contribution in [2.24, 2.45) is 0 Å². The number of carbonyl (C=O) groups is 1. The molecular formula is C15H16ClNO. The van der Waals surface area contributed by atoms with Crippen LogP contribution in [0.4, 0.5) is 0 Å². The molecule has 0 saturated carbocycles. The van der Waals surface area contributed by atoms with Crippen LogP contribution in [0.2, 0.25) is 5.02 Å². The van der Waals surface area contributed by atoms with Crippen LogP contribution in [0.15, 0.2) is 30.3 Å². The maximum Gasteiger partial charge on any atom is 0.245 e. The first-order valence-corrected chi connectivity index (χ1v) is 6.11. The van der Waals surface area contributed by atoms with Gasteiger partial charge in [0.15, 0.2) is 0 Å². The zero-order chi connectivity index (χ0) is 13.6. The molecule has 18 heavy (non-hydrogen) atoms. The van der Waals surface area contributed by atoms with Gasteiger partial charge in [-0.25, -0.2) is 0 Å². The van der Waals surface area contributed by atoms with E-state index in [-0.39, 0.29) is 5.91 Å². The monoisotopic (exact) mass is 261 g/mol. The maximum absolute atomic E-state index is 11.7. The molecule has 0 radical (unpaired) electrons. The van der Waals surface area contributed by atoms with Gasteiger partial charge in [0.1, 0.15) is 0 Å². The Balaban J connectivity index is 2.72. The van der Waals surface area contributed by atoms with Crippen molar-refractivity contribution in [3.8, 4) is 12.3 Å². The smallest absolute Gasteiger partial charge is 0.245 e. The number of carbonyl (C=O) groups excluding carboxylic acids is 1. The predicted molar refractivity (Wildman–Crippen MR) is 76.2 cm³/mol. The van der Waals surface area contributed by atoms with Gasteiger partial charge in [-0.05, 0) is 31.1 Å². The molecule has 1 aromatic rings. The fraction of sp³-hybridized carbons (Fsp3) is 0.267. The van der Waals surface area contributed by atoms with Crippen LogP contribution in [0.5, 0.6) is 0 Å². The van der Waals surface area contributed by atoms with Crippen LogP contribution >= 0.6 is 11.6 Å². The average molecular weight is 262 g/mol. The summed E-state index contributed by atoms with van der Waals surface area (Å²) in [6.45, 7) is 3.74.